The van der Waals surface area contributed by atoms with Crippen LogP contribution < -0.4 is 14.4 Å². The van der Waals surface area contributed by atoms with E-state index >= 15 is 0 Å². The standard InChI is InChI=1S/C21H23NO4/c1-3-15-5-9-19(10-6-15)26-21(24)16-13-20(23)22(14-16)17-7-11-18(12-8-17)25-4-2/h5-12,16H,3-4,13-14H2,1-2H3/t16-/m0/s1. The Labute approximate surface area is 153 Å². The molecule has 0 aliphatic carbocycles. The fraction of sp³-hybridized carbons (Fsp3) is 0.333. The zero-order chi connectivity index (χ0) is 18.5. The second-order valence-electron chi connectivity index (χ2n) is 6.25. The minimum atomic E-state index is -0.458. The molecule has 1 aliphatic rings. The summed E-state index contributed by atoms with van der Waals surface area (Å²) < 4.78 is 10.9. The molecule has 1 saturated heterocycles. The number of rotatable bonds is 6. The number of anilines is 1. The predicted molar refractivity (Wildman–Crippen MR) is 99.5 cm³/mol. The first-order valence-corrected chi connectivity index (χ1v) is 8.94. The average Bonchev–Trinajstić information content (AvgIpc) is 3.05. The highest BCUT2D eigenvalue weighted by Gasteiger charge is 2.36. The lowest BCUT2D eigenvalue weighted by molar-refractivity contribution is -0.139. The van der Waals surface area contributed by atoms with Gasteiger partial charge in [-0.05, 0) is 55.3 Å². The van der Waals surface area contributed by atoms with E-state index in [1.807, 2.05) is 43.3 Å². The van der Waals surface area contributed by atoms with Crippen LogP contribution in [0.2, 0.25) is 0 Å². The quantitative estimate of drug-likeness (QED) is 0.588. The summed E-state index contributed by atoms with van der Waals surface area (Å²) in [5, 5.41) is 0. The van der Waals surface area contributed by atoms with E-state index in [-0.39, 0.29) is 18.3 Å². The zero-order valence-electron chi connectivity index (χ0n) is 15.1. The number of aryl methyl sites for hydroxylation is 1. The SMILES string of the molecule is CCOc1ccc(N2C[C@@H](C(=O)Oc3ccc(CC)cc3)CC2=O)cc1. The maximum absolute atomic E-state index is 12.4. The average molecular weight is 353 g/mol. The minimum Gasteiger partial charge on any atom is -0.494 e. The highest BCUT2D eigenvalue weighted by atomic mass is 16.5. The third-order valence-electron chi connectivity index (χ3n) is 4.47. The van der Waals surface area contributed by atoms with E-state index in [9.17, 15) is 9.59 Å². The summed E-state index contributed by atoms with van der Waals surface area (Å²) in [6.45, 7) is 4.92. The molecule has 1 fully saturated rings. The van der Waals surface area contributed by atoms with Crippen molar-refractivity contribution in [2.45, 2.75) is 26.7 Å². The normalized spacial score (nSPS) is 16.6. The molecule has 1 atom stereocenters. The van der Waals surface area contributed by atoms with Crippen molar-refractivity contribution in [1.29, 1.82) is 0 Å². The number of carbonyl (C=O) groups excluding carboxylic acids is 2. The van der Waals surface area contributed by atoms with Gasteiger partial charge in [0, 0.05) is 18.7 Å². The minimum absolute atomic E-state index is 0.0718. The van der Waals surface area contributed by atoms with Crippen LogP contribution in [0.1, 0.15) is 25.8 Å². The Morgan fingerprint density at radius 3 is 2.31 bits per heavy atom. The monoisotopic (exact) mass is 353 g/mol. The molecule has 2 aromatic rings. The Morgan fingerprint density at radius 2 is 1.69 bits per heavy atom. The van der Waals surface area contributed by atoms with E-state index in [4.69, 9.17) is 9.47 Å². The van der Waals surface area contributed by atoms with Crippen LogP contribution in [0.5, 0.6) is 11.5 Å². The zero-order valence-corrected chi connectivity index (χ0v) is 15.1. The van der Waals surface area contributed by atoms with Gasteiger partial charge in [0.15, 0.2) is 0 Å². The number of amides is 1. The van der Waals surface area contributed by atoms with Gasteiger partial charge in [0.25, 0.3) is 0 Å². The van der Waals surface area contributed by atoms with Gasteiger partial charge in [-0.3, -0.25) is 9.59 Å². The fourth-order valence-electron chi connectivity index (χ4n) is 3.00. The Hall–Kier alpha value is -2.82. The lowest BCUT2D eigenvalue weighted by Crippen LogP contribution is -2.27. The van der Waals surface area contributed by atoms with E-state index in [0.29, 0.717) is 18.9 Å². The number of hydrogen-bond donors (Lipinski definition) is 0. The van der Waals surface area contributed by atoms with Crippen LogP contribution in [0, 0.1) is 5.92 Å². The highest BCUT2D eigenvalue weighted by molar-refractivity contribution is 5.99. The molecule has 136 valence electrons. The summed E-state index contributed by atoms with van der Waals surface area (Å²) in [7, 11) is 0. The summed E-state index contributed by atoms with van der Waals surface area (Å²) in [6.07, 6.45) is 1.10. The molecule has 26 heavy (non-hydrogen) atoms. The van der Waals surface area contributed by atoms with Crippen molar-refractivity contribution in [1.82, 2.24) is 0 Å². The third kappa shape index (κ3) is 4.04. The first-order valence-electron chi connectivity index (χ1n) is 8.94. The van der Waals surface area contributed by atoms with Crippen LogP contribution in [-0.2, 0) is 16.0 Å². The molecule has 0 saturated carbocycles. The van der Waals surface area contributed by atoms with E-state index in [1.54, 1.807) is 17.0 Å². The summed E-state index contributed by atoms with van der Waals surface area (Å²) in [4.78, 5) is 26.4. The van der Waals surface area contributed by atoms with Crippen molar-refractivity contribution in [3.63, 3.8) is 0 Å². The van der Waals surface area contributed by atoms with E-state index in [0.717, 1.165) is 17.9 Å². The van der Waals surface area contributed by atoms with Crippen molar-refractivity contribution < 1.29 is 19.1 Å². The highest BCUT2D eigenvalue weighted by Crippen LogP contribution is 2.28. The smallest absolute Gasteiger partial charge is 0.316 e. The van der Waals surface area contributed by atoms with Crippen LogP contribution in [0.25, 0.3) is 0 Å². The lowest BCUT2D eigenvalue weighted by Gasteiger charge is -2.17. The van der Waals surface area contributed by atoms with Crippen molar-refractivity contribution in [2.75, 3.05) is 18.1 Å². The summed E-state index contributed by atoms with van der Waals surface area (Å²) >= 11 is 0. The Bertz CT molecular complexity index is 768. The summed E-state index contributed by atoms with van der Waals surface area (Å²) in [5.74, 6) is 0.377. The summed E-state index contributed by atoms with van der Waals surface area (Å²) in [6, 6.07) is 14.8. The predicted octanol–water partition coefficient (Wildman–Crippen LogP) is 3.61. The second-order valence-corrected chi connectivity index (χ2v) is 6.25. The Morgan fingerprint density at radius 1 is 1.04 bits per heavy atom. The van der Waals surface area contributed by atoms with E-state index in [2.05, 4.69) is 6.92 Å². The van der Waals surface area contributed by atoms with Gasteiger partial charge in [0.1, 0.15) is 11.5 Å². The third-order valence-corrected chi connectivity index (χ3v) is 4.47. The topological polar surface area (TPSA) is 55.8 Å². The molecule has 0 radical (unpaired) electrons. The molecular formula is C21H23NO4. The van der Waals surface area contributed by atoms with Gasteiger partial charge in [0.2, 0.25) is 5.91 Å². The van der Waals surface area contributed by atoms with Gasteiger partial charge in [0.05, 0.1) is 12.5 Å². The molecule has 1 aliphatic heterocycles. The van der Waals surface area contributed by atoms with Crippen molar-refractivity contribution >= 4 is 17.6 Å². The second kappa shape index (κ2) is 8.04. The largest absolute Gasteiger partial charge is 0.494 e. The Kier molecular flexibility index (Phi) is 5.56. The van der Waals surface area contributed by atoms with Crippen LogP contribution in [-0.4, -0.2) is 25.0 Å². The fourth-order valence-corrected chi connectivity index (χ4v) is 3.00. The molecular weight excluding hydrogens is 330 g/mol. The Balaban J connectivity index is 1.63. The van der Waals surface area contributed by atoms with Crippen LogP contribution in [0.4, 0.5) is 5.69 Å². The molecule has 0 unspecified atom stereocenters. The molecule has 1 amide bonds. The molecule has 0 aromatic heterocycles. The first-order chi connectivity index (χ1) is 12.6. The van der Waals surface area contributed by atoms with Crippen LogP contribution in [0.15, 0.2) is 48.5 Å². The number of hydrogen-bond acceptors (Lipinski definition) is 4. The van der Waals surface area contributed by atoms with Crippen molar-refractivity contribution in [3.8, 4) is 11.5 Å². The maximum atomic E-state index is 12.4. The number of carbonyl (C=O) groups is 2. The number of ether oxygens (including phenoxy) is 2. The first kappa shape index (κ1) is 18.0. The maximum Gasteiger partial charge on any atom is 0.316 e. The van der Waals surface area contributed by atoms with Gasteiger partial charge in [-0.25, -0.2) is 0 Å². The molecule has 5 nitrogen and oxygen atoms in total. The van der Waals surface area contributed by atoms with Crippen LogP contribution >= 0.6 is 0 Å². The van der Waals surface area contributed by atoms with Crippen molar-refractivity contribution in [3.05, 3.63) is 54.1 Å². The molecule has 0 bridgehead atoms. The van der Waals surface area contributed by atoms with Crippen molar-refractivity contribution in [2.24, 2.45) is 5.92 Å². The molecule has 5 heteroatoms. The van der Waals surface area contributed by atoms with Gasteiger partial charge in [-0.2, -0.15) is 0 Å². The molecule has 2 aromatic carbocycles. The lowest BCUT2D eigenvalue weighted by atomic mass is 10.1. The van der Waals surface area contributed by atoms with Gasteiger partial charge < -0.3 is 14.4 Å². The molecule has 3 rings (SSSR count). The molecule has 0 spiro atoms. The van der Waals surface area contributed by atoms with Gasteiger partial charge >= 0.3 is 5.97 Å². The number of benzene rings is 2. The van der Waals surface area contributed by atoms with Gasteiger partial charge in [-0.1, -0.05) is 19.1 Å². The van der Waals surface area contributed by atoms with Crippen LogP contribution in [0.3, 0.4) is 0 Å². The van der Waals surface area contributed by atoms with E-state index < -0.39 is 5.92 Å². The number of esters is 1. The van der Waals surface area contributed by atoms with Gasteiger partial charge in [-0.15, -0.1) is 0 Å². The molecule has 0 N–H and O–H groups in total. The molecule has 1 heterocycles. The van der Waals surface area contributed by atoms with E-state index in [1.165, 1.54) is 5.56 Å². The number of nitrogens with zero attached hydrogens (tertiary/aromatic N) is 1. The summed E-state index contributed by atoms with van der Waals surface area (Å²) in [5.41, 5.74) is 1.95.